The zero-order valence-electron chi connectivity index (χ0n) is 13.4. The molecule has 1 heterocycles. The Morgan fingerprint density at radius 1 is 1.27 bits per heavy atom. The Labute approximate surface area is 137 Å². The van der Waals surface area contributed by atoms with Gasteiger partial charge < -0.3 is 10.2 Å². The first-order chi connectivity index (χ1) is 10.7. The van der Waals surface area contributed by atoms with E-state index in [2.05, 4.69) is 41.4 Å². The molecule has 1 aliphatic heterocycles. The van der Waals surface area contributed by atoms with Crippen LogP contribution in [0.5, 0.6) is 0 Å². The molecular weight excluding hydrogens is 292 g/mol. The molecule has 1 amide bonds. The number of hydrogen-bond donors (Lipinski definition) is 1. The molecule has 1 unspecified atom stereocenters. The first-order valence-electron chi connectivity index (χ1n) is 8.37. The van der Waals surface area contributed by atoms with Crippen LogP contribution in [0.15, 0.2) is 24.3 Å². The summed E-state index contributed by atoms with van der Waals surface area (Å²) in [7, 11) is 0. The van der Waals surface area contributed by atoms with Gasteiger partial charge in [-0.2, -0.15) is 11.8 Å². The van der Waals surface area contributed by atoms with Crippen LogP contribution in [0.2, 0.25) is 0 Å². The highest BCUT2D eigenvalue weighted by Crippen LogP contribution is 2.32. The maximum Gasteiger partial charge on any atom is 0.230 e. The van der Waals surface area contributed by atoms with Crippen molar-refractivity contribution in [3.05, 3.63) is 29.8 Å². The number of amides is 1. The van der Waals surface area contributed by atoms with Gasteiger partial charge >= 0.3 is 0 Å². The molecule has 1 saturated carbocycles. The van der Waals surface area contributed by atoms with Gasteiger partial charge in [-0.25, -0.2) is 0 Å². The van der Waals surface area contributed by atoms with Gasteiger partial charge in [0.1, 0.15) is 0 Å². The molecule has 120 valence electrons. The Kier molecular flexibility index (Phi) is 5.29. The van der Waals surface area contributed by atoms with Gasteiger partial charge in [0.15, 0.2) is 0 Å². The van der Waals surface area contributed by atoms with Crippen LogP contribution in [0.25, 0.3) is 0 Å². The number of thioether (sulfide) groups is 1. The lowest BCUT2D eigenvalue weighted by atomic mass is 10.1. The second-order valence-corrected chi connectivity index (χ2v) is 7.68. The maximum atomic E-state index is 11.9. The molecule has 2 fully saturated rings. The monoisotopic (exact) mass is 318 g/mol. The van der Waals surface area contributed by atoms with E-state index in [0.29, 0.717) is 11.7 Å². The van der Waals surface area contributed by atoms with E-state index in [-0.39, 0.29) is 5.91 Å². The third-order valence-electron chi connectivity index (χ3n) is 4.61. The second kappa shape index (κ2) is 7.40. The Morgan fingerprint density at radius 3 is 2.86 bits per heavy atom. The number of anilines is 1. The fourth-order valence-electron chi connectivity index (χ4n) is 3.05. The van der Waals surface area contributed by atoms with Crippen LogP contribution >= 0.6 is 11.8 Å². The number of nitrogens with zero attached hydrogens (tertiary/aromatic N) is 1. The van der Waals surface area contributed by atoms with Crippen molar-refractivity contribution in [3.63, 3.8) is 0 Å². The Hall–Kier alpha value is -1.16. The molecule has 0 aromatic heterocycles. The van der Waals surface area contributed by atoms with Crippen molar-refractivity contribution in [2.24, 2.45) is 11.8 Å². The van der Waals surface area contributed by atoms with Crippen LogP contribution in [0.4, 0.5) is 5.69 Å². The van der Waals surface area contributed by atoms with E-state index < -0.39 is 0 Å². The molecule has 3 rings (SSSR count). The number of carbonyl (C=O) groups is 1. The quantitative estimate of drug-likeness (QED) is 0.838. The van der Waals surface area contributed by atoms with E-state index in [1.165, 1.54) is 30.5 Å². The number of hydrogen-bond acceptors (Lipinski definition) is 3. The van der Waals surface area contributed by atoms with E-state index in [4.69, 9.17) is 0 Å². The summed E-state index contributed by atoms with van der Waals surface area (Å²) in [6, 6.07) is 8.56. The predicted octanol–water partition coefficient (Wildman–Crippen LogP) is 3.08. The average molecular weight is 318 g/mol. The summed E-state index contributed by atoms with van der Waals surface area (Å²) in [5, 5.41) is 3.12. The minimum absolute atomic E-state index is 0.208. The Bertz CT molecular complexity index is 516. The van der Waals surface area contributed by atoms with E-state index in [1.807, 2.05) is 0 Å². The molecule has 0 bridgehead atoms. The lowest BCUT2D eigenvalue weighted by molar-refractivity contribution is -0.118. The van der Waals surface area contributed by atoms with E-state index in [1.54, 1.807) is 11.8 Å². The topological polar surface area (TPSA) is 32.3 Å². The van der Waals surface area contributed by atoms with Crippen molar-refractivity contribution in [1.29, 1.82) is 0 Å². The normalized spacial score (nSPS) is 21.1. The van der Waals surface area contributed by atoms with Gasteiger partial charge in [0.05, 0.1) is 5.75 Å². The molecule has 1 saturated heterocycles. The van der Waals surface area contributed by atoms with E-state index in [9.17, 15) is 4.79 Å². The molecule has 0 radical (unpaired) electrons. The highest BCUT2D eigenvalue weighted by atomic mass is 32.2. The SMILES string of the molecule is Cc1ccccc1N1CCC(CNC(=O)CSCC2CC2)C1. The minimum Gasteiger partial charge on any atom is -0.371 e. The van der Waals surface area contributed by atoms with Crippen LogP contribution in [0.1, 0.15) is 24.8 Å². The maximum absolute atomic E-state index is 11.9. The van der Waals surface area contributed by atoms with Gasteiger partial charge in [0.2, 0.25) is 5.91 Å². The third kappa shape index (κ3) is 4.42. The highest BCUT2D eigenvalue weighted by Gasteiger charge is 2.24. The number of para-hydroxylation sites is 1. The van der Waals surface area contributed by atoms with Crippen LogP contribution < -0.4 is 10.2 Å². The molecule has 1 aliphatic carbocycles. The summed E-state index contributed by atoms with van der Waals surface area (Å²) >= 11 is 1.79. The smallest absolute Gasteiger partial charge is 0.230 e. The van der Waals surface area contributed by atoms with Crippen molar-refractivity contribution < 1.29 is 4.79 Å². The number of benzene rings is 1. The van der Waals surface area contributed by atoms with Gasteiger partial charge in [-0.05, 0) is 55.4 Å². The molecule has 22 heavy (non-hydrogen) atoms. The summed E-state index contributed by atoms with van der Waals surface area (Å²) in [5.41, 5.74) is 2.68. The molecule has 2 aliphatic rings. The lowest BCUT2D eigenvalue weighted by Gasteiger charge is -2.21. The molecule has 4 heteroatoms. The van der Waals surface area contributed by atoms with Gasteiger partial charge in [0.25, 0.3) is 0 Å². The second-order valence-electron chi connectivity index (χ2n) is 6.65. The molecule has 1 N–H and O–H groups in total. The first-order valence-corrected chi connectivity index (χ1v) is 9.53. The molecule has 3 nitrogen and oxygen atoms in total. The van der Waals surface area contributed by atoms with Gasteiger partial charge in [-0.1, -0.05) is 18.2 Å². The zero-order chi connectivity index (χ0) is 15.4. The number of rotatable bonds is 7. The lowest BCUT2D eigenvalue weighted by Crippen LogP contribution is -2.32. The fraction of sp³-hybridized carbons (Fsp3) is 0.611. The number of carbonyl (C=O) groups excluding carboxylic acids is 1. The minimum atomic E-state index is 0.208. The first kappa shape index (κ1) is 15.7. The number of aryl methyl sites for hydroxylation is 1. The average Bonchev–Trinajstić information content (AvgIpc) is 3.22. The summed E-state index contributed by atoms with van der Waals surface area (Å²) in [5.74, 6) is 3.48. The summed E-state index contributed by atoms with van der Waals surface area (Å²) in [6.45, 7) is 5.15. The third-order valence-corrected chi connectivity index (χ3v) is 5.79. The van der Waals surface area contributed by atoms with Crippen molar-refractivity contribution in [2.75, 3.05) is 36.0 Å². The summed E-state index contributed by atoms with van der Waals surface area (Å²) in [4.78, 5) is 14.3. The largest absolute Gasteiger partial charge is 0.371 e. The molecule has 1 atom stereocenters. The Balaban J connectivity index is 1.37. The van der Waals surface area contributed by atoms with Gasteiger partial charge in [-0.3, -0.25) is 4.79 Å². The van der Waals surface area contributed by atoms with Crippen molar-refractivity contribution in [1.82, 2.24) is 5.32 Å². The molecule has 1 aromatic carbocycles. The zero-order valence-corrected chi connectivity index (χ0v) is 14.2. The van der Waals surface area contributed by atoms with Crippen LogP contribution in [-0.4, -0.2) is 37.0 Å². The Morgan fingerprint density at radius 2 is 2.09 bits per heavy atom. The standard InChI is InChI=1S/C18H26N2OS/c1-14-4-2-3-5-17(14)20-9-8-16(11-20)10-19-18(21)13-22-12-15-6-7-15/h2-5,15-16H,6-13H2,1H3,(H,19,21). The molecular formula is C18H26N2OS. The van der Waals surface area contributed by atoms with Gasteiger partial charge in [0, 0.05) is 25.3 Å². The van der Waals surface area contributed by atoms with Crippen molar-refractivity contribution >= 4 is 23.4 Å². The van der Waals surface area contributed by atoms with E-state index in [0.717, 1.165) is 31.3 Å². The number of nitrogens with one attached hydrogen (secondary N) is 1. The van der Waals surface area contributed by atoms with Crippen LogP contribution in [0.3, 0.4) is 0 Å². The molecule has 1 aromatic rings. The highest BCUT2D eigenvalue weighted by molar-refractivity contribution is 7.99. The van der Waals surface area contributed by atoms with Gasteiger partial charge in [-0.15, -0.1) is 0 Å². The van der Waals surface area contributed by atoms with Crippen LogP contribution in [-0.2, 0) is 4.79 Å². The van der Waals surface area contributed by atoms with Crippen LogP contribution in [0, 0.1) is 18.8 Å². The van der Waals surface area contributed by atoms with Crippen molar-refractivity contribution in [2.45, 2.75) is 26.2 Å². The van der Waals surface area contributed by atoms with Crippen molar-refractivity contribution in [3.8, 4) is 0 Å². The van der Waals surface area contributed by atoms with E-state index >= 15 is 0 Å². The summed E-state index contributed by atoms with van der Waals surface area (Å²) < 4.78 is 0. The molecule has 0 spiro atoms. The summed E-state index contributed by atoms with van der Waals surface area (Å²) in [6.07, 6.45) is 3.90. The predicted molar refractivity (Wildman–Crippen MR) is 94.6 cm³/mol. The fourth-order valence-corrected chi connectivity index (χ4v) is 4.12.